The molecule has 0 bridgehead atoms. The van der Waals surface area contributed by atoms with Gasteiger partial charge in [-0.2, -0.15) is 13.2 Å². The number of carbonyl (C=O) groups excluding carboxylic acids is 2. The van der Waals surface area contributed by atoms with E-state index in [0.29, 0.717) is 13.1 Å². The van der Waals surface area contributed by atoms with E-state index in [0.717, 1.165) is 31.7 Å². The van der Waals surface area contributed by atoms with Gasteiger partial charge in [-0.3, -0.25) is 4.79 Å². The van der Waals surface area contributed by atoms with Gasteiger partial charge in [-0.25, -0.2) is 4.79 Å². The first-order chi connectivity index (χ1) is 12.8. The molecular weight excluding hydrogens is 359 g/mol. The highest BCUT2D eigenvalue weighted by molar-refractivity contribution is 5.81. The average molecular weight is 383 g/mol. The molecule has 1 aromatic carbocycles. The molecule has 1 saturated heterocycles. The predicted octanol–water partition coefficient (Wildman–Crippen LogP) is 3.25. The van der Waals surface area contributed by atoms with Gasteiger partial charge in [-0.1, -0.05) is 18.2 Å². The molecule has 148 valence electrons. The van der Waals surface area contributed by atoms with Crippen molar-refractivity contribution in [3.8, 4) is 0 Å². The third-order valence-electron chi connectivity index (χ3n) is 5.06. The van der Waals surface area contributed by atoms with Crippen molar-refractivity contribution >= 4 is 11.9 Å². The number of halogens is 3. The van der Waals surface area contributed by atoms with Crippen molar-refractivity contribution in [3.63, 3.8) is 0 Å². The molecule has 2 fully saturated rings. The van der Waals surface area contributed by atoms with Crippen molar-refractivity contribution in [1.82, 2.24) is 15.1 Å². The van der Waals surface area contributed by atoms with Crippen molar-refractivity contribution in [2.45, 2.75) is 44.4 Å². The Morgan fingerprint density at radius 3 is 2.59 bits per heavy atom. The Labute approximate surface area is 156 Å². The number of benzene rings is 1. The predicted molar refractivity (Wildman–Crippen MR) is 93.8 cm³/mol. The highest BCUT2D eigenvalue weighted by atomic mass is 19.4. The van der Waals surface area contributed by atoms with E-state index >= 15 is 0 Å². The van der Waals surface area contributed by atoms with Crippen LogP contribution in [0.15, 0.2) is 24.3 Å². The first-order valence-electron chi connectivity index (χ1n) is 9.21. The highest BCUT2D eigenvalue weighted by Gasteiger charge is 2.36. The minimum absolute atomic E-state index is 0.0526. The maximum atomic E-state index is 13.1. The van der Waals surface area contributed by atoms with Crippen LogP contribution in [0.3, 0.4) is 0 Å². The molecule has 1 N–H and O–H groups in total. The minimum atomic E-state index is -4.46. The lowest BCUT2D eigenvalue weighted by atomic mass is 10.1. The molecule has 1 heterocycles. The van der Waals surface area contributed by atoms with Crippen LogP contribution in [0.4, 0.5) is 18.0 Å². The molecule has 2 aliphatic rings. The Hall–Kier alpha value is -2.25. The zero-order valence-electron chi connectivity index (χ0n) is 15.3. The van der Waals surface area contributed by atoms with Crippen molar-refractivity contribution in [3.05, 3.63) is 35.4 Å². The summed E-state index contributed by atoms with van der Waals surface area (Å²) in [4.78, 5) is 27.7. The van der Waals surface area contributed by atoms with Crippen LogP contribution in [-0.2, 0) is 17.5 Å². The van der Waals surface area contributed by atoms with Gasteiger partial charge < -0.3 is 15.1 Å². The Bertz CT molecular complexity index is 704. The summed E-state index contributed by atoms with van der Waals surface area (Å²) >= 11 is 0. The molecule has 1 atom stereocenters. The molecule has 27 heavy (non-hydrogen) atoms. The van der Waals surface area contributed by atoms with Gasteiger partial charge in [0.25, 0.3) is 0 Å². The standard InChI is InChI=1S/C19H24F3N3O2/c1-24(11-14-5-2-3-7-16(14)19(20,21)22)18(27)23-15-6-4-10-25(12-15)17(26)13-8-9-13/h2-3,5,7,13,15H,4,6,8-12H2,1H3,(H,23,27)/t15-/m0/s1. The van der Waals surface area contributed by atoms with Crippen molar-refractivity contribution in [2.75, 3.05) is 20.1 Å². The summed E-state index contributed by atoms with van der Waals surface area (Å²) in [5.74, 6) is 0.294. The normalized spacial score (nSPS) is 20.3. The largest absolute Gasteiger partial charge is 0.416 e. The number of piperidine rings is 1. The van der Waals surface area contributed by atoms with Crippen LogP contribution in [0.25, 0.3) is 0 Å². The number of alkyl halides is 3. The third-order valence-corrected chi connectivity index (χ3v) is 5.06. The van der Waals surface area contributed by atoms with Crippen LogP contribution in [0.2, 0.25) is 0 Å². The van der Waals surface area contributed by atoms with Gasteiger partial charge in [0, 0.05) is 38.6 Å². The van der Waals surface area contributed by atoms with Crippen LogP contribution in [0.5, 0.6) is 0 Å². The quantitative estimate of drug-likeness (QED) is 0.868. The Kier molecular flexibility index (Phi) is 5.62. The molecule has 1 saturated carbocycles. The Morgan fingerprint density at radius 2 is 1.93 bits per heavy atom. The molecule has 1 aliphatic carbocycles. The van der Waals surface area contributed by atoms with E-state index < -0.39 is 17.8 Å². The molecule has 3 rings (SSSR count). The molecule has 1 aromatic rings. The van der Waals surface area contributed by atoms with Crippen LogP contribution in [0.1, 0.15) is 36.8 Å². The Balaban J connectivity index is 1.57. The van der Waals surface area contributed by atoms with Gasteiger partial charge in [-0.05, 0) is 37.3 Å². The summed E-state index contributed by atoms with van der Waals surface area (Å²) in [6, 6.07) is 4.65. The van der Waals surface area contributed by atoms with Crippen molar-refractivity contribution in [2.24, 2.45) is 5.92 Å². The average Bonchev–Trinajstić information content (AvgIpc) is 3.46. The number of hydrogen-bond donors (Lipinski definition) is 1. The van der Waals surface area contributed by atoms with Crippen molar-refractivity contribution in [1.29, 1.82) is 0 Å². The van der Waals surface area contributed by atoms with E-state index in [-0.39, 0.29) is 30.0 Å². The van der Waals surface area contributed by atoms with Crippen LogP contribution >= 0.6 is 0 Å². The minimum Gasteiger partial charge on any atom is -0.340 e. The zero-order valence-corrected chi connectivity index (χ0v) is 15.3. The summed E-state index contributed by atoms with van der Waals surface area (Å²) < 4.78 is 39.3. The van der Waals surface area contributed by atoms with Gasteiger partial charge >= 0.3 is 12.2 Å². The number of nitrogens with one attached hydrogen (secondary N) is 1. The molecular formula is C19H24F3N3O2. The monoisotopic (exact) mass is 383 g/mol. The number of rotatable bonds is 4. The maximum absolute atomic E-state index is 13.1. The van der Waals surface area contributed by atoms with Gasteiger partial charge in [-0.15, -0.1) is 0 Å². The number of nitrogens with zero attached hydrogens (tertiary/aromatic N) is 2. The first-order valence-corrected chi connectivity index (χ1v) is 9.21. The Morgan fingerprint density at radius 1 is 1.22 bits per heavy atom. The molecule has 1 aliphatic heterocycles. The lowest BCUT2D eigenvalue weighted by molar-refractivity contribution is -0.138. The summed E-state index contributed by atoms with van der Waals surface area (Å²) in [5, 5.41) is 2.85. The second kappa shape index (κ2) is 7.78. The lowest BCUT2D eigenvalue weighted by Crippen LogP contribution is -2.52. The lowest BCUT2D eigenvalue weighted by Gasteiger charge is -2.34. The summed E-state index contributed by atoms with van der Waals surface area (Å²) in [6.45, 7) is 1.03. The summed E-state index contributed by atoms with van der Waals surface area (Å²) in [6.07, 6.45) is -1.01. The van der Waals surface area contributed by atoms with E-state index in [9.17, 15) is 22.8 Å². The number of amides is 3. The molecule has 0 radical (unpaired) electrons. The van der Waals surface area contributed by atoms with Gasteiger partial charge in [0.1, 0.15) is 0 Å². The van der Waals surface area contributed by atoms with Gasteiger partial charge in [0.2, 0.25) is 5.91 Å². The first kappa shape index (κ1) is 19.5. The van der Waals surface area contributed by atoms with Crippen LogP contribution < -0.4 is 5.32 Å². The SMILES string of the molecule is CN(Cc1ccccc1C(F)(F)F)C(=O)N[C@H]1CCCN(C(=O)C2CC2)C1. The molecule has 3 amide bonds. The summed E-state index contributed by atoms with van der Waals surface area (Å²) in [7, 11) is 1.47. The number of carbonyl (C=O) groups is 2. The van der Waals surface area contributed by atoms with Gasteiger partial charge in [0.15, 0.2) is 0 Å². The number of likely N-dealkylation sites (tertiary alicyclic amines) is 1. The molecule has 0 aromatic heterocycles. The van der Waals surface area contributed by atoms with E-state index in [1.807, 2.05) is 0 Å². The summed E-state index contributed by atoms with van der Waals surface area (Å²) in [5.41, 5.74) is -0.680. The van der Waals surface area contributed by atoms with Crippen LogP contribution in [0, 0.1) is 5.92 Å². The zero-order chi connectivity index (χ0) is 19.6. The third kappa shape index (κ3) is 4.93. The van der Waals surface area contributed by atoms with Gasteiger partial charge in [0.05, 0.1) is 5.56 Å². The van der Waals surface area contributed by atoms with E-state index in [1.54, 1.807) is 4.90 Å². The van der Waals surface area contributed by atoms with E-state index in [2.05, 4.69) is 5.32 Å². The second-order valence-corrected chi connectivity index (χ2v) is 7.36. The smallest absolute Gasteiger partial charge is 0.340 e. The molecule has 0 unspecified atom stereocenters. The topological polar surface area (TPSA) is 52.7 Å². The van der Waals surface area contributed by atoms with E-state index in [1.165, 1.54) is 30.1 Å². The number of urea groups is 1. The van der Waals surface area contributed by atoms with Crippen molar-refractivity contribution < 1.29 is 22.8 Å². The number of hydrogen-bond acceptors (Lipinski definition) is 2. The second-order valence-electron chi connectivity index (χ2n) is 7.36. The van der Waals surface area contributed by atoms with E-state index in [4.69, 9.17) is 0 Å². The van der Waals surface area contributed by atoms with Crippen LogP contribution in [-0.4, -0.2) is 47.9 Å². The fraction of sp³-hybridized carbons (Fsp3) is 0.579. The molecule has 0 spiro atoms. The fourth-order valence-electron chi connectivity index (χ4n) is 3.43. The fourth-order valence-corrected chi connectivity index (χ4v) is 3.43. The highest BCUT2D eigenvalue weighted by Crippen LogP contribution is 2.33. The maximum Gasteiger partial charge on any atom is 0.416 e. The molecule has 8 heteroatoms. The molecule has 5 nitrogen and oxygen atoms in total.